The van der Waals surface area contributed by atoms with Crippen LogP contribution in [0.4, 0.5) is 0 Å². The normalized spacial score (nSPS) is 16.4. The molecule has 1 fully saturated rings. The fraction of sp³-hybridized carbons (Fsp3) is 0.412. The van der Waals surface area contributed by atoms with Crippen molar-refractivity contribution >= 4 is 16.7 Å². The maximum absolute atomic E-state index is 12.5. The summed E-state index contributed by atoms with van der Waals surface area (Å²) in [5, 5.41) is 2.29. The Morgan fingerprint density at radius 3 is 2.52 bits per heavy atom. The van der Waals surface area contributed by atoms with Gasteiger partial charge in [-0.15, -0.1) is 0 Å². The van der Waals surface area contributed by atoms with E-state index in [1.54, 1.807) is 0 Å². The lowest BCUT2D eigenvalue weighted by atomic mass is 10.0. The first-order valence-corrected chi connectivity index (χ1v) is 7.44. The van der Waals surface area contributed by atoms with Crippen molar-refractivity contribution in [2.75, 3.05) is 33.2 Å². The minimum absolute atomic E-state index is 0.185. The number of piperazine rings is 1. The van der Waals surface area contributed by atoms with Gasteiger partial charge in [-0.05, 0) is 24.9 Å². The van der Waals surface area contributed by atoms with Crippen LogP contribution in [0.3, 0.4) is 0 Å². The third kappa shape index (κ3) is 2.90. The molecule has 110 valence electrons. The second-order valence-corrected chi connectivity index (χ2v) is 5.79. The quantitative estimate of drug-likeness (QED) is 0.844. The van der Waals surface area contributed by atoms with Gasteiger partial charge in [-0.3, -0.25) is 9.78 Å². The van der Waals surface area contributed by atoms with E-state index in [-0.39, 0.29) is 5.91 Å². The van der Waals surface area contributed by atoms with Crippen LogP contribution in [-0.4, -0.2) is 53.9 Å². The van der Waals surface area contributed by atoms with Crippen LogP contribution in [0.5, 0.6) is 0 Å². The second kappa shape index (κ2) is 5.82. The summed E-state index contributed by atoms with van der Waals surface area (Å²) in [4.78, 5) is 21.2. The summed E-state index contributed by atoms with van der Waals surface area (Å²) in [5.74, 6) is 0.185. The minimum atomic E-state index is 0.185. The third-order valence-electron chi connectivity index (χ3n) is 4.25. The summed E-state index contributed by atoms with van der Waals surface area (Å²) in [7, 11) is 2.09. The molecule has 4 nitrogen and oxygen atoms in total. The van der Waals surface area contributed by atoms with Gasteiger partial charge >= 0.3 is 0 Å². The zero-order valence-corrected chi connectivity index (χ0v) is 12.7. The standard InChI is InChI=1S/C17H21N3O/c1-13-12-18-16(15-6-4-3-5-14(13)15)11-17(21)20-9-7-19(2)8-10-20/h3-6,12H,7-11H2,1-2H3. The smallest absolute Gasteiger partial charge is 0.228 e. The predicted molar refractivity (Wildman–Crippen MR) is 84.3 cm³/mol. The van der Waals surface area contributed by atoms with Gasteiger partial charge in [0.25, 0.3) is 0 Å². The van der Waals surface area contributed by atoms with Crippen LogP contribution in [0.1, 0.15) is 11.3 Å². The molecule has 21 heavy (non-hydrogen) atoms. The van der Waals surface area contributed by atoms with Crippen LogP contribution in [0, 0.1) is 6.92 Å². The molecule has 1 aromatic carbocycles. The molecule has 1 saturated heterocycles. The van der Waals surface area contributed by atoms with Crippen molar-refractivity contribution in [2.24, 2.45) is 0 Å². The summed E-state index contributed by atoms with van der Waals surface area (Å²) in [5.41, 5.74) is 2.04. The number of hydrogen-bond donors (Lipinski definition) is 0. The summed E-state index contributed by atoms with van der Waals surface area (Å²) in [6, 6.07) is 8.19. The molecule has 0 unspecified atom stereocenters. The Morgan fingerprint density at radius 2 is 1.81 bits per heavy atom. The number of rotatable bonds is 2. The van der Waals surface area contributed by atoms with Gasteiger partial charge in [0.1, 0.15) is 0 Å². The first-order chi connectivity index (χ1) is 10.1. The molecule has 1 aliphatic heterocycles. The van der Waals surface area contributed by atoms with Crippen LogP contribution in [0.25, 0.3) is 10.8 Å². The van der Waals surface area contributed by atoms with Crippen molar-refractivity contribution in [1.29, 1.82) is 0 Å². The highest BCUT2D eigenvalue weighted by atomic mass is 16.2. The van der Waals surface area contributed by atoms with E-state index in [0.29, 0.717) is 6.42 Å². The number of hydrogen-bond acceptors (Lipinski definition) is 3. The fourth-order valence-electron chi connectivity index (χ4n) is 2.84. The number of amides is 1. The highest BCUT2D eigenvalue weighted by Gasteiger charge is 2.20. The van der Waals surface area contributed by atoms with E-state index in [1.165, 1.54) is 5.39 Å². The summed E-state index contributed by atoms with van der Waals surface area (Å²) in [6.07, 6.45) is 2.26. The first-order valence-electron chi connectivity index (χ1n) is 7.44. The average molecular weight is 283 g/mol. The number of carbonyl (C=O) groups excluding carboxylic acids is 1. The maximum Gasteiger partial charge on any atom is 0.228 e. The van der Waals surface area contributed by atoms with Crippen LogP contribution >= 0.6 is 0 Å². The molecule has 1 amide bonds. The molecule has 0 spiro atoms. The molecule has 0 radical (unpaired) electrons. The number of aryl methyl sites for hydroxylation is 1. The highest BCUT2D eigenvalue weighted by Crippen LogP contribution is 2.21. The molecule has 0 bridgehead atoms. The second-order valence-electron chi connectivity index (χ2n) is 5.79. The van der Waals surface area contributed by atoms with E-state index >= 15 is 0 Å². The van der Waals surface area contributed by atoms with E-state index in [4.69, 9.17) is 0 Å². The maximum atomic E-state index is 12.5. The van der Waals surface area contributed by atoms with Gasteiger partial charge in [0, 0.05) is 37.8 Å². The third-order valence-corrected chi connectivity index (χ3v) is 4.25. The van der Waals surface area contributed by atoms with E-state index in [9.17, 15) is 4.79 Å². The molecule has 0 aliphatic carbocycles. The van der Waals surface area contributed by atoms with Crippen LogP contribution in [0.2, 0.25) is 0 Å². The number of carbonyl (C=O) groups is 1. The van der Waals surface area contributed by atoms with Crippen LogP contribution in [-0.2, 0) is 11.2 Å². The highest BCUT2D eigenvalue weighted by molar-refractivity contribution is 5.90. The zero-order valence-electron chi connectivity index (χ0n) is 12.7. The lowest BCUT2D eigenvalue weighted by molar-refractivity contribution is -0.132. The Morgan fingerprint density at radius 1 is 1.14 bits per heavy atom. The fourth-order valence-corrected chi connectivity index (χ4v) is 2.84. The molecule has 4 heteroatoms. The number of benzene rings is 1. The van der Waals surface area contributed by atoms with Gasteiger partial charge in [0.05, 0.1) is 12.1 Å². The van der Waals surface area contributed by atoms with Crippen LogP contribution in [0.15, 0.2) is 30.5 Å². The number of nitrogens with zero attached hydrogens (tertiary/aromatic N) is 3. The number of pyridine rings is 1. The molecule has 2 heterocycles. The monoisotopic (exact) mass is 283 g/mol. The Labute approximate surface area is 125 Å². The van der Waals surface area contributed by atoms with E-state index in [1.807, 2.05) is 23.2 Å². The Balaban J connectivity index is 1.82. The lowest BCUT2D eigenvalue weighted by Crippen LogP contribution is -2.47. The Kier molecular flexibility index (Phi) is 3.88. The molecule has 0 saturated carbocycles. The van der Waals surface area contributed by atoms with Gasteiger partial charge in [-0.25, -0.2) is 0 Å². The largest absolute Gasteiger partial charge is 0.340 e. The van der Waals surface area contributed by atoms with Crippen molar-refractivity contribution in [3.05, 3.63) is 41.7 Å². The molecular formula is C17H21N3O. The average Bonchev–Trinajstić information content (AvgIpc) is 2.51. The molecular weight excluding hydrogens is 262 g/mol. The predicted octanol–water partition coefficient (Wildman–Crippen LogP) is 1.86. The first kappa shape index (κ1) is 14.0. The van der Waals surface area contributed by atoms with Gasteiger partial charge in [-0.1, -0.05) is 24.3 Å². The topological polar surface area (TPSA) is 36.4 Å². The summed E-state index contributed by atoms with van der Waals surface area (Å²) >= 11 is 0. The number of fused-ring (bicyclic) bond motifs is 1. The molecule has 0 atom stereocenters. The molecule has 2 aromatic rings. The van der Waals surface area contributed by atoms with Crippen molar-refractivity contribution in [3.8, 4) is 0 Å². The van der Waals surface area contributed by atoms with E-state index in [2.05, 4.69) is 36.0 Å². The van der Waals surface area contributed by atoms with Gasteiger partial charge in [-0.2, -0.15) is 0 Å². The van der Waals surface area contributed by atoms with Crippen molar-refractivity contribution < 1.29 is 4.79 Å². The molecule has 0 N–H and O–H groups in total. The minimum Gasteiger partial charge on any atom is -0.340 e. The molecule has 3 rings (SSSR count). The van der Waals surface area contributed by atoms with Gasteiger partial charge in [0.15, 0.2) is 0 Å². The lowest BCUT2D eigenvalue weighted by Gasteiger charge is -2.32. The number of aromatic nitrogens is 1. The SMILES string of the molecule is Cc1cnc(CC(=O)N2CCN(C)CC2)c2ccccc12. The van der Waals surface area contributed by atoms with Gasteiger partial charge in [0.2, 0.25) is 5.91 Å². The van der Waals surface area contributed by atoms with Crippen molar-refractivity contribution in [3.63, 3.8) is 0 Å². The van der Waals surface area contributed by atoms with Crippen molar-refractivity contribution in [1.82, 2.24) is 14.8 Å². The number of likely N-dealkylation sites (N-methyl/N-ethyl adjacent to an activating group) is 1. The van der Waals surface area contributed by atoms with E-state index < -0.39 is 0 Å². The van der Waals surface area contributed by atoms with Gasteiger partial charge < -0.3 is 9.80 Å². The Hall–Kier alpha value is -1.94. The Bertz CT molecular complexity index is 660. The summed E-state index contributed by atoms with van der Waals surface area (Å²) in [6.45, 7) is 5.60. The molecule has 1 aliphatic rings. The van der Waals surface area contributed by atoms with Crippen LogP contribution < -0.4 is 0 Å². The van der Waals surface area contributed by atoms with Crippen molar-refractivity contribution in [2.45, 2.75) is 13.3 Å². The molecule has 1 aromatic heterocycles. The van der Waals surface area contributed by atoms with E-state index in [0.717, 1.165) is 42.8 Å². The summed E-state index contributed by atoms with van der Waals surface area (Å²) < 4.78 is 0. The zero-order chi connectivity index (χ0) is 14.8.